The number of amides is 1. The first-order chi connectivity index (χ1) is 14.0. The number of aryl methyl sites for hydroxylation is 1. The quantitative estimate of drug-likeness (QED) is 0.350. The van der Waals surface area contributed by atoms with E-state index in [1.165, 1.54) is 0 Å². The monoisotopic (exact) mass is 404 g/mol. The summed E-state index contributed by atoms with van der Waals surface area (Å²) in [5.41, 5.74) is -0.722. The summed E-state index contributed by atoms with van der Waals surface area (Å²) in [4.78, 5) is 14.8. The number of benzene rings is 2. The van der Waals surface area contributed by atoms with E-state index in [0.29, 0.717) is 25.0 Å². The van der Waals surface area contributed by atoms with Crippen LogP contribution >= 0.6 is 0 Å². The van der Waals surface area contributed by atoms with E-state index in [-0.39, 0.29) is 13.0 Å². The molecule has 2 aromatic carbocycles. The second kappa shape index (κ2) is 9.49. The van der Waals surface area contributed by atoms with Crippen LogP contribution in [0.1, 0.15) is 31.2 Å². The highest BCUT2D eigenvalue weighted by atomic mass is 19.4. The van der Waals surface area contributed by atoms with Crippen LogP contribution in [0.25, 0.3) is 10.9 Å². The van der Waals surface area contributed by atoms with Gasteiger partial charge < -0.3 is 9.72 Å². The van der Waals surface area contributed by atoms with Crippen molar-refractivity contribution >= 4 is 16.8 Å². The van der Waals surface area contributed by atoms with Crippen LogP contribution in [0.2, 0.25) is 0 Å². The van der Waals surface area contributed by atoms with Crippen LogP contribution in [0.3, 0.4) is 0 Å². The van der Waals surface area contributed by atoms with Gasteiger partial charge in [0.1, 0.15) is 5.75 Å². The maximum absolute atomic E-state index is 15.2. The summed E-state index contributed by atoms with van der Waals surface area (Å²) in [5, 5.41) is -0.854. The minimum Gasteiger partial charge on any atom is -0.493 e. The van der Waals surface area contributed by atoms with Crippen LogP contribution in [0.4, 0.5) is 13.4 Å². The average molecular weight is 404 g/mol. The summed E-state index contributed by atoms with van der Waals surface area (Å²) in [6, 6.07) is 16.8. The fourth-order valence-electron chi connectivity index (χ4n) is 3.37. The van der Waals surface area contributed by atoms with E-state index in [9.17, 15) is 13.8 Å². The lowest BCUT2D eigenvalue weighted by Crippen LogP contribution is -2.41. The molecule has 3 aromatic rings. The third-order valence-electron chi connectivity index (χ3n) is 4.98. The Morgan fingerprint density at radius 3 is 2.55 bits per heavy atom. The predicted molar refractivity (Wildman–Crippen MR) is 105 cm³/mol. The first kappa shape index (κ1) is 20.8. The van der Waals surface area contributed by atoms with Gasteiger partial charge in [-0.15, -0.1) is 0 Å². The Hall–Kier alpha value is -2.96. The number of aromatic amines is 1. The fourth-order valence-corrected chi connectivity index (χ4v) is 3.37. The number of hydrogen-bond donors (Lipinski definition) is 1. The van der Waals surface area contributed by atoms with E-state index in [1.54, 1.807) is 18.3 Å². The molecule has 1 aromatic heterocycles. The molecule has 154 valence electrons. The molecule has 0 saturated carbocycles. The number of H-pyrrole nitrogens is 1. The standard InChI is InChI=1S/C22H23F3N2O2/c23-22(21(28)27(24)25,13-5-4-9-17-7-2-1-3-8-17)14-16-29-20-11-6-10-19-18(20)12-15-26-19/h1-3,6-8,10-12,15,26H,4-5,9,13-14,16H2. The summed E-state index contributed by atoms with van der Waals surface area (Å²) in [6.07, 6.45) is 2.65. The van der Waals surface area contributed by atoms with E-state index < -0.39 is 23.3 Å². The Balaban J connectivity index is 1.57. The Morgan fingerprint density at radius 2 is 1.79 bits per heavy atom. The van der Waals surface area contributed by atoms with E-state index in [1.807, 2.05) is 42.5 Å². The number of rotatable bonds is 10. The lowest BCUT2D eigenvalue weighted by molar-refractivity contribution is -0.202. The van der Waals surface area contributed by atoms with Gasteiger partial charge in [0, 0.05) is 28.9 Å². The summed E-state index contributed by atoms with van der Waals surface area (Å²) in [5.74, 6) is -1.30. The molecule has 0 spiro atoms. The zero-order valence-corrected chi connectivity index (χ0v) is 15.9. The highest BCUT2D eigenvalue weighted by molar-refractivity contribution is 5.85. The van der Waals surface area contributed by atoms with Crippen LogP contribution in [-0.2, 0) is 11.2 Å². The Morgan fingerprint density at radius 1 is 1.00 bits per heavy atom. The van der Waals surface area contributed by atoms with E-state index in [2.05, 4.69) is 4.98 Å². The Bertz CT molecular complexity index is 930. The van der Waals surface area contributed by atoms with Crippen LogP contribution < -0.4 is 4.74 Å². The summed E-state index contributed by atoms with van der Waals surface area (Å²) in [6.45, 7) is -0.181. The minimum atomic E-state index is -2.66. The molecule has 4 nitrogen and oxygen atoms in total. The van der Waals surface area contributed by atoms with Crippen molar-refractivity contribution in [2.24, 2.45) is 0 Å². The molecule has 29 heavy (non-hydrogen) atoms. The smallest absolute Gasteiger partial charge is 0.320 e. The van der Waals surface area contributed by atoms with Crippen LogP contribution in [0.5, 0.6) is 5.75 Å². The fraction of sp³-hybridized carbons (Fsp3) is 0.318. The van der Waals surface area contributed by atoms with Crippen molar-refractivity contribution in [3.63, 3.8) is 0 Å². The van der Waals surface area contributed by atoms with Crippen LogP contribution in [0, 0.1) is 0 Å². The zero-order valence-electron chi connectivity index (χ0n) is 15.9. The van der Waals surface area contributed by atoms with Crippen molar-refractivity contribution in [3.05, 3.63) is 66.4 Å². The molecule has 0 radical (unpaired) electrons. The van der Waals surface area contributed by atoms with Gasteiger partial charge in [-0.3, -0.25) is 4.79 Å². The molecule has 0 bridgehead atoms. The van der Waals surface area contributed by atoms with Crippen molar-refractivity contribution in [3.8, 4) is 5.75 Å². The molecule has 3 rings (SSSR count). The number of nitrogens with one attached hydrogen (secondary N) is 1. The maximum Gasteiger partial charge on any atom is 0.320 e. The number of halogens is 3. The van der Waals surface area contributed by atoms with Gasteiger partial charge in [-0.05, 0) is 49.4 Å². The molecule has 0 aliphatic heterocycles. The molecule has 7 heteroatoms. The topological polar surface area (TPSA) is 45.3 Å². The number of aromatic nitrogens is 1. The van der Waals surface area contributed by atoms with Crippen molar-refractivity contribution in [1.82, 2.24) is 10.3 Å². The third kappa shape index (κ3) is 5.31. The summed E-state index contributed by atoms with van der Waals surface area (Å²) in [7, 11) is 0. The predicted octanol–water partition coefficient (Wildman–Crippen LogP) is 5.66. The van der Waals surface area contributed by atoms with Crippen LogP contribution in [-0.4, -0.2) is 28.5 Å². The number of ether oxygens (including phenoxy) is 1. The second-order valence-electron chi connectivity index (χ2n) is 6.99. The zero-order chi connectivity index (χ0) is 20.7. The third-order valence-corrected chi connectivity index (χ3v) is 4.98. The number of unbranched alkanes of at least 4 members (excludes halogenated alkanes) is 1. The molecule has 0 saturated heterocycles. The number of hydrogen-bond acceptors (Lipinski definition) is 2. The highest BCUT2D eigenvalue weighted by Crippen LogP contribution is 2.29. The normalized spacial score (nSPS) is 13.2. The van der Waals surface area contributed by atoms with Gasteiger partial charge in [-0.2, -0.15) is 0 Å². The van der Waals surface area contributed by atoms with Gasteiger partial charge in [0.05, 0.1) is 6.61 Å². The minimum absolute atomic E-state index is 0.181. The molecular formula is C22H23F3N2O2. The number of nitrogens with zero attached hydrogens (tertiary/aromatic N) is 1. The molecule has 0 fully saturated rings. The van der Waals surface area contributed by atoms with Gasteiger partial charge in [0.2, 0.25) is 0 Å². The second-order valence-corrected chi connectivity index (χ2v) is 6.99. The molecule has 1 atom stereocenters. The van der Waals surface area contributed by atoms with Crippen molar-refractivity contribution in [1.29, 1.82) is 0 Å². The van der Waals surface area contributed by atoms with E-state index >= 15 is 4.39 Å². The Labute approximate surface area is 167 Å². The SMILES string of the molecule is O=C(N(F)F)C(F)(CCCCc1ccccc1)CCOc1cccc2[nH]ccc12. The van der Waals surface area contributed by atoms with E-state index in [4.69, 9.17) is 4.74 Å². The largest absolute Gasteiger partial charge is 0.493 e. The van der Waals surface area contributed by atoms with Crippen LogP contribution in [0.15, 0.2) is 60.8 Å². The average Bonchev–Trinajstić information content (AvgIpc) is 3.21. The lowest BCUT2D eigenvalue weighted by Gasteiger charge is -2.23. The van der Waals surface area contributed by atoms with Crippen molar-refractivity contribution in [2.75, 3.05) is 6.61 Å². The molecule has 1 N–H and O–H groups in total. The summed E-state index contributed by atoms with van der Waals surface area (Å²) >= 11 is 0. The van der Waals surface area contributed by atoms with E-state index in [0.717, 1.165) is 16.5 Å². The maximum atomic E-state index is 15.2. The molecule has 0 aliphatic rings. The van der Waals surface area contributed by atoms with Gasteiger partial charge in [0.15, 0.2) is 5.67 Å². The molecule has 1 amide bonds. The first-order valence-electron chi connectivity index (χ1n) is 9.57. The molecular weight excluding hydrogens is 381 g/mol. The number of carbonyl (C=O) groups excluding carboxylic acids is 1. The number of carbonyl (C=O) groups is 1. The Kier molecular flexibility index (Phi) is 6.80. The van der Waals surface area contributed by atoms with Gasteiger partial charge in [-0.25, -0.2) is 4.39 Å². The highest BCUT2D eigenvalue weighted by Gasteiger charge is 2.42. The van der Waals surface area contributed by atoms with Gasteiger partial charge >= 0.3 is 5.91 Å². The molecule has 1 heterocycles. The van der Waals surface area contributed by atoms with Gasteiger partial charge in [0.25, 0.3) is 0 Å². The van der Waals surface area contributed by atoms with Crippen molar-refractivity contribution in [2.45, 2.75) is 37.8 Å². The lowest BCUT2D eigenvalue weighted by atomic mass is 9.93. The molecule has 0 aliphatic carbocycles. The van der Waals surface area contributed by atoms with Crippen molar-refractivity contribution < 1.29 is 22.9 Å². The number of alkyl halides is 1. The van der Waals surface area contributed by atoms with Gasteiger partial charge in [-0.1, -0.05) is 45.4 Å². The first-order valence-corrected chi connectivity index (χ1v) is 9.57. The summed E-state index contributed by atoms with van der Waals surface area (Å²) < 4.78 is 46.4. The number of fused-ring (bicyclic) bond motifs is 1. The molecule has 1 unspecified atom stereocenters.